The Bertz CT molecular complexity index is 537. The zero-order valence-electron chi connectivity index (χ0n) is 15.0. The largest absolute Gasteiger partial charge is 0.354 e. The van der Waals surface area contributed by atoms with E-state index in [9.17, 15) is 9.59 Å². The second-order valence-corrected chi connectivity index (χ2v) is 7.08. The van der Waals surface area contributed by atoms with Crippen molar-refractivity contribution in [3.05, 3.63) is 30.1 Å². The van der Waals surface area contributed by atoms with Gasteiger partial charge in [-0.3, -0.25) is 14.6 Å². The summed E-state index contributed by atoms with van der Waals surface area (Å²) in [4.78, 5) is 30.5. The molecule has 0 bridgehead atoms. The number of carbonyl (C=O) groups excluding carboxylic acids is 2. The van der Waals surface area contributed by atoms with Crippen molar-refractivity contribution in [1.29, 1.82) is 0 Å². The minimum atomic E-state index is 0.0653. The molecule has 1 aliphatic rings. The number of rotatable bonds is 6. The number of likely N-dealkylation sites (N-methyl/N-ethyl adjacent to an activating group) is 1. The Morgan fingerprint density at radius 1 is 1.17 bits per heavy atom. The molecule has 1 aromatic heterocycles. The first-order valence-corrected chi connectivity index (χ1v) is 8.91. The lowest BCUT2D eigenvalue weighted by atomic mass is 9.81. The van der Waals surface area contributed by atoms with Crippen LogP contribution in [0.15, 0.2) is 24.5 Å². The van der Waals surface area contributed by atoms with Crippen LogP contribution in [-0.2, 0) is 16.0 Å². The monoisotopic (exact) mass is 331 g/mol. The number of hydrogen-bond donors (Lipinski definition) is 1. The minimum absolute atomic E-state index is 0.0653. The van der Waals surface area contributed by atoms with Gasteiger partial charge in [-0.1, -0.05) is 0 Å². The fourth-order valence-corrected chi connectivity index (χ4v) is 3.27. The van der Waals surface area contributed by atoms with Crippen molar-refractivity contribution in [3.63, 3.8) is 0 Å². The summed E-state index contributed by atoms with van der Waals surface area (Å²) in [5, 5.41) is 2.98. The van der Waals surface area contributed by atoms with Gasteiger partial charge in [0.25, 0.3) is 0 Å². The zero-order chi connectivity index (χ0) is 17.5. The summed E-state index contributed by atoms with van der Waals surface area (Å²) in [6, 6.07) is 4.14. The number of amides is 2. The molecule has 1 aliphatic carbocycles. The first-order valence-electron chi connectivity index (χ1n) is 8.91. The van der Waals surface area contributed by atoms with E-state index in [1.165, 1.54) is 5.56 Å². The maximum atomic E-state index is 12.6. The summed E-state index contributed by atoms with van der Waals surface area (Å²) < 4.78 is 0. The molecule has 0 radical (unpaired) electrons. The summed E-state index contributed by atoms with van der Waals surface area (Å²) in [7, 11) is 1.88. The van der Waals surface area contributed by atoms with Gasteiger partial charge in [0.1, 0.15) is 0 Å². The van der Waals surface area contributed by atoms with Gasteiger partial charge >= 0.3 is 0 Å². The predicted molar refractivity (Wildman–Crippen MR) is 94.3 cm³/mol. The fraction of sp³-hybridized carbons (Fsp3) is 0.632. The van der Waals surface area contributed by atoms with Gasteiger partial charge in [0, 0.05) is 43.9 Å². The quantitative estimate of drug-likeness (QED) is 0.871. The van der Waals surface area contributed by atoms with Crippen LogP contribution in [0.5, 0.6) is 0 Å². The molecule has 0 unspecified atom stereocenters. The highest BCUT2D eigenvalue weighted by Gasteiger charge is 2.31. The van der Waals surface area contributed by atoms with Crippen LogP contribution in [0.3, 0.4) is 0 Å². The standard InChI is InChI=1S/C19H29N3O2/c1-14(2)21-18(23)16-4-6-17(7-5-16)19(24)22(3)13-10-15-8-11-20-12-9-15/h8-9,11-12,14,16-17H,4-7,10,13H2,1-3H3,(H,21,23). The predicted octanol–water partition coefficient (Wildman–Crippen LogP) is 2.41. The summed E-state index contributed by atoms with van der Waals surface area (Å²) >= 11 is 0. The van der Waals surface area contributed by atoms with Gasteiger partial charge in [-0.25, -0.2) is 0 Å². The van der Waals surface area contributed by atoms with Crippen LogP contribution < -0.4 is 5.32 Å². The third-order valence-electron chi connectivity index (χ3n) is 4.74. The number of nitrogens with zero attached hydrogens (tertiary/aromatic N) is 2. The molecule has 1 saturated carbocycles. The number of nitrogens with one attached hydrogen (secondary N) is 1. The number of carbonyl (C=O) groups is 2. The third kappa shape index (κ3) is 5.32. The minimum Gasteiger partial charge on any atom is -0.354 e. The van der Waals surface area contributed by atoms with Crippen molar-refractivity contribution in [2.45, 2.75) is 52.0 Å². The smallest absolute Gasteiger partial charge is 0.225 e. The van der Waals surface area contributed by atoms with Crippen LogP contribution in [0, 0.1) is 11.8 Å². The van der Waals surface area contributed by atoms with Crippen molar-refractivity contribution < 1.29 is 9.59 Å². The van der Waals surface area contributed by atoms with E-state index in [4.69, 9.17) is 0 Å². The van der Waals surface area contributed by atoms with Gasteiger partial charge in [-0.15, -0.1) is 0 Å². The van der Waals surface area contributed by atoms with Crippen LogP contribution in [0.4, 0.5) is 0 Å². The highest BCUT2D eigenvalue weighted by Crippen LogP contribution is 2.30. The molecule has 5 nitrogen and oxygen atoms in total. The van der Waals surface area contributed by atoms with Crippen molar-refractivity contribution in [2.24, 2.45) is 11.8 Å². The second-order valence-electron chi connectivity index (χ2n) is 7.08. The molecule has 1 fully saturated rings. The maximum absolute atomic E-state index is 12.6. The number of aromatic nitrogens is 1. The van der Waals surface area contributed by atoms with E-state index in [0.29, 0.717) is 0 Å². The SMILES string of the molecule is CC(C)NC(=O)C1CCC(C(=O)N(C)CCc2ccncc2)CC1. The van der Waals surface area contributed by atoms with Crippen LogP contribution in [0.1, 0.15) is 45.1 Å². The first kappa shape index (κ1) is 18.4. The lowest BCUT2D eigenvalue weighted by Gasteiger charge is -2.30. The fourth-order valence-electron chi connectivity index (χ4n) is 3.27. The van der Waals surface area contributed by atoms with E-state index in [1.807, 2.05) is 37.9 Å². The van der Waals surface area contributed by atoms with E-state index in [2.05, 4.69) is 10.3 Å². The average Bonchev–Trinajstić information content (AvgIpc) is 2.59. The van der Waals surface area contributed by atoms with Gasteiger partial charge in [0.15, 0.2) is 0 Å². The van der Waals surface area contributed by atoms with Crippen LogP contribution in [-0.4, -0.2) is 41.3 Å². The molecule has 0 saturated heterocycles. The van der Waals surface area contributed by atoms with Crippen molar-refractivity contribution in [2.75, 3.05) is 13.6 Å². The molecule has 0 spiro atoms. The zero-order valence-corrected chi connectivity index (χ0v) is 15.0. The van der Waals surface area contributed by atoms with Gasteiger partial charge in [-0.2, -0.15) is 0 Å². The van der Waals surface area contributed by atoms with E-state index in [-0.39, 0.29) is 29.7 Å². The third-order valence-corrected chi connectivity index (χ3v) is 4.74. The van der Waals surface area contributed by atoms with Gasteiger partial charge < -0.3 is 10.2 Å². The van der Waals surface area contributed by atoms with Crippen molar-refractivity contribution in [3.8, 4) is 0 Å². The molecular weight excluding hydrogens is 302 g/mol. The molecule has 1 heterocycles. The Labute approximate surface area is 144 Å². The highest BCUT2D eigenvalue weighted by molar-refractivity contribution is 5.81. The molecule has 0 aromatic carbocycles. The molecule has 24 heavy (non-hydrogen) atoms. The normalized spacial score (nSPS) is 20.7. The molecule has 1 N–H and O–H groups in total. The molecule has 0 atom stereocenters. The van der Waals surface area contributed by atoms with Crippen LogP contribution >= 0.6 is 0 Å². The first-order chi connectivity index (χ1) is 11.5. The second kappa shape index (κ2) is 8.81. The van der Waals surface area contributed by atoms with Crippen LogP contribution in [0.2, 0.25) is 0 Å². The van der Waals surface area contributed by atoms with Crippen molar-refractivity contribution in [1.82, 2.24) is 15.2 Å². The summed E-state index contributed by atoms with van der Waals surface area (Å²) in [5.41, 5.74) is 1.19. The molecule has 2 amide bonds. The van der Waals surface area contributed by atoms with Crippen molar-refractivity contribution >= 4 is 11.8 Å². The Balaban J connectivity index is 1.76. The van der Waals surface area contributed by atoms with E-state index in [1.54, 1.807) is 12.4 Å². The van der Waals surface area contributed by atoms with Gasteiger partial charge in [-0.05, 0) is 63.6 Å². The highest BCUT2D eigenvalue weighted by atomic mass is 16.2. The number of hydrogen-bond acceptors (Lipinski definition) is 3. The Hall–Kier alpha value is -1.91. The van der Waals surface area contributed by atoms with Crippen LogP contribution in [0.25, 0.3) is 0 Å². The maximum Gasteiger partial charge on any atom is 0.225 e. The summed E-state index contributed by atoms with van der Waals surface area (Å²) in [6.45, 7) is 4.67. The molecule has 0 aliphatic heterocycles. The van der Waals surface area contributed by atoms with E-state index >= 15 is 0 Å². The average molecular weight is 331 g/mol. The summed E-state index contributed by atoms with van der Waals surface area (Å²) in [5.74, 6) is 0.489. The number of pyridine rings is 1. The Kier molecular flexibility index (Phi) is 6.76. The molecule has 132 valence electrons. The van der Waals surface area contributed by atoms with E-state index < -0.39 is 0 Å². The molecule has 1 aromatic rings. The molecule has 2 rings (SSSR count). The Morgan fingerprint density at radius 3 is 2.33 bits per heavy atom. The Morgan fingerprint density at radius 2 is 1.75 bits per heavy atom. The van der Waals surface area contributed by atoms with Gasteiger partial charge in [0.05, 0.1) is 0 Å². The lowest BCUT2D eigenvalue weighted by Crippen LogP contribution is -2.40. The van der Waals surface area contributed by atoms with Gasteiger partial charge in [0.2, 0.25) is 11.8 Å². The molecule has 5 heteroatoms. The summed E-state index contributed by atoms with van der Waals surface area (Å²) in [6.07, 6.45) is 7.65. The van der Waals surface area contributed by atoms with E-state index in [0.717, 1.165) is 38.6 Å². The lowest BCUT2D eigenvalue weighted by molar-refractivity contribution is -0.137. The molecular formula is C19H29N3O2. The topological polar surface area (TPSA) is 62.3 Å².